The quantitative estimate of drug-likeness (QED) is 0.550. The average molecular weight is 430 g/mol. The minimum absolute atomic E-state index is 0.196. The van der Waals surface area contributed by atoms with Crippen LogP contribution in [0.5, 0.6) is 0 Å². The smallest absolute Gasteiger partial charge is 0.280 e. The number of aliphatic imine (C=N–C) groups is 1. The predicted molar refractivity (Wildman–Crippen MR) is 111 cm³/mol. The third-order valence-corrected chi connectivity index (χ3v) is 5.87. The zero-order valence-corrected chi connectivity index (χ0v) is 16.7. The van der Waals surface area contributed by atoms with Crippen molar-refractivity contribution < 1.29 is 15.2 Å². The minimum Gasteiger partial charge on any atom is -0.595 e. The van der Waals surface area contributed by atoms with Gasteiger partial charge in [-0.2, -0.15) is 15.0 Å². The molecule has 0 bridgehead atoms. The third kappa shape index (κ3) is 3.66. The Morgan fingerprint density at radius 2 is 1.90 bits per heavy atom. The summed E-state index contributed by atoms with van der Waals surface area (Å²) in [4.78, 5) is 17.4. The van der Waals surface area contributed by atoms with Gasteiger partial charge < -0.3 is 10.9 Å². The Bertz CT molecular complexity index is 1110. The third-order valence-electron chi connectivity index (χ3n) is 4.54. The number of carbonyl (C=O) groups excluding carboxylic acids is 1. The lowest BCUT2D eigenvalue weighted by molar-refractivity contribution is -0.991. The number of aryl methyl sites for hydroxylation is 1. The van der Waals surface area contributed by atoms with Gasteiger partial charge in [0.25, 0.3) is 5.91 Å². The highest BCUT2D eigenvalue weighted by molar-refractivity contribution is 8.14. The number of rotatable bonds is 3. The van der Waals surface area contributed by atoms with Crippen LogP contribution in [-0.4, -0.2) is 26.1 Å². The molecule has 4 rings (SSSR count). The Labute approximate surface area is 175 Å². The number of carbonyl (C=O) groups is 1. The highest BCUT2D eigenvalue weighted by Crippen LogP contribution is 2.46. The number of fused-ring (bicyclic) bond motifs is 1. The van der Waals surface area contributed by atoms with E-state index in [0.717, 1.165) is 11.1 Å². The molecule has 148 valence electrons. The van der Waals surface area contributed by atoms with Gasteiger partial charge in [-0.3, -0.25) is 4.79 Å². The molecular formula is C19H16ClN5O3S. The highest BCUT2D eigenvalue weighted by atomic mass is 35.5. The van der Waals surface area contributed by atoms with E-state index < -0.39 is 5.23 Å². The molecule has 0 saturated heterocycles. The number of hydrogen-bond donors (Lipinski definition) is 3. The lowest BCUT2D eigenvalue weighted by atomic mass is 10.0. The van der Waals surface area contributed by atoms with E-state index in [0.29, 0.717) is 27.3 Å². The molecule has 0 aliphatic carbocycles. The fraction of sp³-hybridized carbons (Fsp3) is 0.105. The Hall–Kier alpha value is -2.69. The normalized spacial score (nSPS) is 16.8. The molecule has 1 aliphatic heterocycles. The summed E-state index contributed by atoms with van der Waals surface area (Å²) in [6.45, 7) is 1.81. The van der Waals surface area contributed by atoms with Gasteiger partial charge in [0.05, 0.1) is 10.9 Å². The number of aromatic nitrogens is 2. The van der Waals surface area contributed by atoms with Gasteiger partial charge in [0.1, 0.15) is 0 Å². The standard InChI is InChI=1S/C19H16ClN5O3S/c1-10-15-16(11-4-8-14(9-5-11)25(27)28)29-19(21)22-17(15)24(23-10)18(26)12-2-6-13(20)7-3-12/h2-9,16,25,27H,1H3,(H2,21,22). The number of halogens is 1. The molecule has 2 unspecified atom stereocenters. The summed E-state index contributed by atoms with van der Waals surface area (Å²) < 4.78 is 1.25. The molecule has 2 atom stereocenters. The van der Waals surface area contributed by atoms with Crippen LogP contribution in [0, 0.1) is 12.1 Å². The van der Waals surface area contributed by atoms with E-state index in [1.165, 1.54) is 16.4 Å². The lowest BCUT2D eigenvalue weighted by Gasteiger charge is -2.22. The second-order valence-electron chi connectivity index (χ2n) is 6.42. The Morgan fingerprint density at radius 3 is 2.52 bits per heavy atom. The van der Waals surface area contributed by atoms with Crippen LogP contribution in [0.25, 0.3) is 0 Å². The van der Waals surface area contributed by atoms with Gasteiger partial charge in [0.15, 0.2) is 16.7 Å². The van der Waals surface area contributed by atoms with E-state index in [4.69, 9.17) is 22.5 Å². The first-order valence-corrected chi connectivity index (χ1v) is 9.85. The molecule has 2 heterocycles. The summed E-state index contributed by atoms with van der Waals surface area (Å²) in [7, 11) is 0. The number of nitrogens with one attached hydrogen (secondary N) is 1. The van der Waals surface area contributed by atoms with Gasteiger partial charge in [0.2, 0.25) is 0 Å². The van der Waals surface area contributed by atoms with Gasteiger partial charge in [-0.1, -0.05) is 35.5 Å². The van der Waals surface area contributed by atoms with Crippen LogP contribution < -0.4 is 11.0 Å². The van der Waals surface area contributed by atoms with Crippen molar-refractivity contribution in [3.05, 3.63) is 81.1 Å². The van der Waals surface area contributed by atoms with Crippen molar-refractivity contribution in [2.24, 2.45) is 10.7 Å². The van der Waals surface area contributed by atoms with Crippen LogP contribution >= 0.6 is 23.4 Å². The van der Waals surface area contributed by atoms with Crippen molar-refractivity contribution in [1.82, 2.24) is 9.78 Å². The van der Waals surface area contributed by atoms with E-state index >= 15 is 0 Å². The second-order valence-corrected chi connectivity index (χ2v) is 7.98. The van der Waals surface area contributed by atoms with Gasteiger partial charge in [-0.25, -0.2) is 10.2 Å². The molecule has 0 fully saturated rings. The van der Waals surface area contributed by atoms with Crippen LogP contribution in [0.3, 0.4) is 0 Å². The molecule has 4 N–H and O–H groups in total. The monoisotopic (exact) mass is 429 g/mol. The van der Waals surface area contributed by atoms with Crippen LogP contribution in [0.4, 0.5) is 11.5 Å². The summed E-state index contributed by atoms with van der Waals surface area (Å²) >= 11 is 7.24. The molecule has 2 aromatic carbocycles. The number of hydrogen-bond acceptors (Lipinski definition) is 7. The summed E-state index contributed by atoms with van der Waals surface area (Å²) in [5.74, 6) is 0.0421. The molecule has 8 nitrogen and oxygen atoms in total. The fourth-order valence-electron chi connectivity index (χ4n) is 3.14. The maximum atomic E-state index is 13.0. The molecule has 0 spiro atoms. The van der Waals surface area contributed by atoms with Crippen molar-refractivity contribution in [1.29, 1.82) is 0 Å². The van der Waals surface area contributed by atoms with E-state index in [1.54, 1.807) is 55.5 Å². The van der Waals surface area contributed by atoms with Crippen molar-refractivity contribution in [3.63, 3.8) is 0 Å². The predicted octanol–water partition coefficient (Wildman–Crippen LogP) is 2.72. The summed E-state index contributed by atoms with van der Waals surface area (Å²) in [5, 5.41) is 24.2. The highest BCUT2D eigenvalue weighted by Gasteiger charge is 2.32. The average Bonchev–Trinajstić information content (AvgIpc) is 3.03. The molecule has 10 heteroatoms. The minimum atomic E-state index is -0.993. The van der Waals surface area contributed by atoms with Gasteiger partial charge in [-0.15, -0.1) is 0 Å². The maximum absolute atomic E-state index is 13.0. The van der Waals surface area contributed by atoms with Gasteiger partial charge in [-0.05, 0) is 36.8 Å². The summed E-state index contributed by atoms with van der Waals surface area (Å²) in [6, 6.07) is 13.1. The Balaban J connectivity index is 1.78. The van der Waals surface area contributed by atoms with Crippen LogP contribution in [-0.2, 0) is 0 Å². The summed E-state index contributed by atoms with van der Waals surface area (Å²) in [6.07, 6.45) is 0. The van der Waals surface area contributed by atoms with Crippen molar-refractivity contribution in [3.8, 4) is 0 Å². The topological polar surface area (TPSA) is 121 Å². The second kappa shape index (κ2) is 7.62. The first-order chi connectivity index (χ1) is 13.8. The van der Waals surface area contributed by atoms with Gasteiger partial charge >= 0.3 is 0 Å². The first-order valence-electron chi connectivity index (χ1n) is 8.59. The van der Waals surface area contributed by atoms with Crippen molar-refractivity contribution >= 4 is 45.9 Å². The molecule has 0 radical (unpaired) electrons. The maximum Gasteiger partial charge on any atom is 0.280 e. The van der Waals surface area contributed by atoms with E-state index in [9.17, 15) is 10.0 Å². The van der Waals surface area contributed by atoms with Crippen LogP contribution in [0.2, 0.25) is 5.02 Å². The van der Waals surface area contributed by atoms with E-state index in [2.05, 4.69) is 10.1 Å². The zero-order valence-electron chi connectivity index (χ0n) is 15.2. The number of amidine groups is 1. The molecule has 29 heavy (non-hydrogen) atoms. The number of thioether (sulfide) groups is 1. The molecule has 0 saturated carbocycles. The van der Waals surface area contributed by atoms with Crippen LogP contribution in [0.1, 0.15) is 32.4 Å². The van der Waals surface area contributed by atoms with E-state index in [-0.39, 0.29) is 16.8 Å². The SMILES string of the molecule is Cc1nn(C(=O)c2ccc(Cl)cc2)c2c1C(c1ccc([NH+]([O-])O)cc1)SC(N)=N2. The molecule has 1 aromatic heterocycles. The van der Waals surface area contributed by atoms with Crippen LogP contribution in [0.15, 0.2) is 53.5 Å². The molecular weight excluding hydrogens is 414 g/mol. The molecule has 3 aromatic rings. The molecule has 0 amide bonds. The van der Waals surface area contributed by atoms with E-state index in [1.807, 2.05) is 0 Å². The zero-order chi connectivity index (χ0) is 20.7. The largest absolute Gasteiger partial charge is 0.595 e. The number of nitrogens with two attached hydrogens (primary N) is 1. The molecule has 1 aliphatic rings. The Morgan fingerprint density at radius 1 is 1.24 bits per heavy atom. The van der Waals surface area contributed by atoms with Crippen molar-refractivity contribution in [2.75, 3.05) is 0 Å². The summed E-state index contributed by atoms with van der Waals surface area (Å²) in [5.41, 5.74) is 8.93. The van der Waals surface area contributed by atoms with Crippen molar-refractivity contribution in [2.45, 2.75) is 12.2 Å². The number of nitrogens with zero attached hydrogens (tertiary/aromatic N) is 3. The van der Waals surface area contributed by atoms with Gasteiger partial charge in [0, 0.05) is 28.3 Å². The first kappa shape index (κ1) is 19.6. The lowest BCUT2D eigenvalue weighted by Crippen LogP contribution is -2.99. The Kier molecular flexibility index (Phi) is 5.15. The fourth-order valence-corrected chi connectivity index (χ4v) is 4.34. The number of quaternary nitrogens is 1. The number of benzene rings is 2.